The third kappa shape index (κ3) is 4.68. The number of rotatable bonds is 5. The van der Waals surface area contributed by atoms with Crippen LogP contribution in [0.5, 0.6) is 0 Å². The van der Waals surface area contributed by atoms with Gasteiger partial charge in [-0.1, -0.05) is 35.9 Å². The molecule has 0 aliphatic carbocycles. The molecule has 9 heteroatoms. The fraction of sp³-hybridized carbons (Fsp3) is 0.391. The minimum atomic E-state index is -3.81. The molecule has 2 amide bonds. The molecule has 2 aliphatic rings. The van der Waals surface area contributed by atoms with Gasteiger partial charge in [0.1, 0.15) is 5.82 Å². The second-order valence-electron chi connectivity index (χ2n) is 8.35. The van der Waals surface area contributed by atoms with E-state index in [4.69, 9.17) is 0 Å². The predicted molar refractivity (Wildman–Crippen MR) is 116 cm³/mol. The van der Waals surface area contributed by atoms with Gasteiger partial charge in [0.15, 0.2) is 0 Å². The first kappa shape index (κ1) is 22.4. The van der Waals surface area contributed by atoms with E-state index in [0.717, 1.165) is 17.2 Å². The molecule has 0 radical (unpaired) electrons. The Bertz CT molecular complexity index is 1110. The Morgan fingerprint density at radius 2 is 1.75 bits per heavy atom. The van der Waals surface area contributed by atoms with Crippen molar-refractivity contribution in [3.05, 3.63) is 65.5 Å². The molecule has 2 heterocycles. The van der Waals surface area contributed by atoms with Crippen molar-refractivity contribution in [1.82, 2.24) is 14.1 Å². The highest BCUT2D eigenvalue weighted by Crippen LogP contribution is 2.24. The van der Waals surface area contributed by atoms with Crippen LogP contribution in [0.15, 0.2) is 53.4 Å². The third-order valence-corrected chi connectivity index (χ3v) is 7.94. The summed E-state index contributed by atoms with van der Waals surface area (Å²) in [5, 5.41) is 0. The molecule has 0 unspecified atom stereocenters. The highest BCUT2D eigenvalue weighted by Gasteiger charge is 2.38. The van der Waals surface area contributed by atoms with Gasteiger partial charge >= 0.3 is 0 Å². The summed E-state index contributed by atoms with van der Waals surface area (Å²) < 4.78 is 40.2. The number of hydrogen-bond donors (Lipinski definition) is 0. The fourth-order valence-electron chi connectivity index (χ4n) is 4.19. The standard InChI is InChI=1S/C23H26FN3O4S/c1-17-5-7-18(8-6-17)15-26-16-19(13-22(26)28)23(29)25-9-11-27(12-10-25)32(30,31)21-4-2-3-20(24)14-21/h2-8,14,19H,9-13,15-16H2,1H3/t19-/m0/s1. The summed E-state index contributed by atoms with van der Waals surface area (Å²) in [6.45, 7) is 3.61. The predicted octanol–water partition coefficient (Wildman–Crippen LogP) is 2.02. The van der Waals surface area contributed by atoms with Gasteiger partial charge in [-0.3, -0.25) is 9.59 Å². The van der Waals surface area contributed by atoms with E-state index in [1.807, 2.05) is 31.2 Å². The quantitative estimate of drug-likeness (QED) is 0.686. The van der Waals surface area contributed by atoms with Crippen LogP contribution in [-0.4, -0.2) is 67.1 Å². The van der Waals surface area contributed by atoms with Crippen molar-refractivity contribution in [1.29, 1.82) is 0 Å². The average Bonchev–Trinajstić information content (AvgIpc) is 3.15. The van der Waals surface area contributed by atoms with Crippen molar-refractivity contribution in [2.45, 2.75) is 24.8 Å². The van der Waals surface area contributed by atoms with Crippen molar-refractivity contribution < 1.29 is 22.4 Å². The zero-order valence-corrected chi connectivity index (χ0v) is 18.7. The van der Waals surface area contributed by atoms with Gasteiger partial charge < -0.3 is 9.80 Å². The van der Waals surface area contributed by atoms with Gasteiger partial charge in [0.05, 0.1) is 10.8 Å². The van der Waals surface area contributed by atoms with E-state index < -0.39 is 21.8 Å². The normalized spacial score (nSPS) is 20.1. The first-order chi connectivity index (χ1) is 15.2. The Morgan fingerprint density at radius 1 is 1.06 bits per heavy atom. The second kappa shape index (κ2) is 8.99. The number of hydrogen-bond acceptors (Lipinski definition) is 4. The van der Waals surface area contributed by atoms with Gasteiger partial charge in [0, 0.05) is 45.7 Å². The molecule has 2 aliphatic heterocycles. The maximum atomic E-state index is 13.5. The van der Waals surface area contributed by atoms with E-state index in [2.05, 4.69) is 0 Å². The average molecular weight is 460 g/mol. The molecule has 0 saturated carbocycles. The molecular formula is C23H26FN3O4S. The molecule has 2 fully saturated rings. The van der Waals surface area contributed by atoms with Gasteiger partial charge in [-0.25, -0.2) is 12.8 Å². The first-order valence-corrected chi connectivity index (χ1v) is 12.1. The molecule has 2 saturated heterocycles. The summed E-state index contributed by atoms with van der Waals surface area (Å²) in [5.41, 5.74) is 2.17. The minimum absolute atomic E-state index is 0.0451. The number of nitrogens with zero attached hydrogens (tertiary/aromatic N) is 3. The number of carbonyl (C=O) groups is 2. The molecule has 0 bridgehead atoms. The number of sulfonamides is 1. The number of halogens is 1. The Labute approximate surface area is 187 Å². The lowest BCUT2D eigenvalue weighted by atomic mass is 10.1. The monoisotopic (exact) mass is 459 g/mol. The summed E-state index contributed by atoms with van der Waals surface area (Å²) in [7, 11) is -3.81. The number of amides is 2. The summed E-state index contributed by atoms with van der Waals surface area (Å²) in [6, 6.07) is 12.9. The number of likely N-dealkylation sites (tertiary alicyclic amines) is 1. The Hall–Kier alpha value is -2.78. The van der Waals surface area contributed by atoms with Gasteiger partial charge in [-0.05, 0) is 30.7 Å². The van der Waals surface area contributed by atoms with Crippen LogP contribution < -0.4 is 0 Å². The lowest BCUT2D eigenvalue weighted by Gasteiger charge is -2.35. The maximum Gasteiger partial charge on any atom is 0.243 e. The van der Waals surface area contributed by atoms with Crippen LogP contribution in [0.4, 0.5) is 4.39 Å². The Kier molecular flexibility index (Phi) is 6.30. The van der Waals surface area contributed by atoms with Crippen LogP contribution >= 0.6 is 0 Å². The van der Waals surface area contributed by atoms with Gasteiger partial charge in [0.2, 0.25) is 21.8 Å². The number of carbonyl (C=O) groups excluding carboxylic acids is 2. The van der Waals surface area contributed by atoms with Crippen LogP contribution in [-0.2, 0) is 26.2 Å². The number of benzene rings is 2. The Balaban J connectivity index is 1.34. The second-order valence-corrected chi connectivity index (χ2v) is 10.3. The molecular weight excluding hydrogens is 433 g/mol. The lowest BCUT2D eigenvalue weighted by Crippen LogP contribution is -2.52. The summed E-state index contributed by atoms with van der Waals surface area (Å²) in [6.07, 6.45) is 0.173. The highest BCUT2D eigenvalue weighted by atomic mass is 32.2. The Morgan fingerprint density at radius 3 is 2.41 bits per heavy atom. The zero-order chi connectivity index (χ0) is 22.9. The third-order valence-electron chi connectivity index (χ3n) is 6.04. The van der Waals surface area contributed by atoms with Crippen molar-refractivity contribution in [2.75, 3.05) is 32.7 Å². The van der Waals surface area contributed by atoms with Crippen LogP contribution in [0.2, 0.25) is 0 Å². The molecule has 1 atom stereocenters. The number of piperazine rings is 1. The van der Waals surface area contributed by atoms with E-state index in [1.54, 1.807) is 9.80 Å². The largest absolute Gasteiger partial charge is 0.340 e. The van der Waals surface area contributed by atoms with Crippen molar-refractivity contribution in [2.24, 2.45) is 5.92 Å². The molecule has 2 aromatic rings. The smallest absolute Gasteiger partial charge is 0.243 e. The van der Waals surface area contributed by atoms with Crippen LogP contribution in [0.1, 0.15) is 17.5 Å². The van der Waals surface area contributed by atoms with E-state index in [0.29, 0.717) is 13.1 Å². The molecule has 2 aromatic carbocycles. The van der Waals surface area contributed by atoms with E-state index >= 15 is 0 Å². The first-order valence-electron chi connectivity index (χ1n) is 10.6. The fourth-order valence-corrected chi connectivity index (χ4v) is 5.64. The van der Waals surface area contributed by atoms with Crippen LogP contribution in [0.25, 0.3) is 0 Å². The van der Waals surface area contributed by atoms with Crippen LogP contribution in [0.3, 0.4) is 0 Å². The van der Waals surface area contributed by atoms with Crippen molar-refractivity contribution >= 4 is 21.8 Å². The molecule has 0 aromatic heterocycles. The molecule has 170 valence electrons. The van der Waals surface area contributed by atoms with Gasteiger partial charge in [0.25, 0.3) is 0 Å². The topological polar surface area (TPSA) is 78.0 Å². The summed E-state index contributed by atoms with van der Waals surface area (Å²) in [5.74, 6) is -1.19. The lowest BCUT2D eigenvalue weighted by molar-refractivity contribution is -0.137. The molecule has 7 nitrogen and oxygen atoms in total. The van der Waals surface area contributed by atoms with Crippen LogP contribution in [0, 0.1) is 18.7 Å². The molecule has 0 spiro atoms. The van der Waals surface area contributed by atoms with E-state index in [1.165, 1.54) is 22.5 Å². The van der Waals surface area contributed by atoms with E-state index in [9.17, 15) is 22.4 Å². The molecule has 32 heavy (non-hydrogen) atoms. The SMILES string of the molecule is Cc1ccc(CN2C[C@@H](C(=O)N3CCN(S(=O)(=O)c4cccc(F)c4)CC3)CC2=O)cc1. The van der Waals surface area contributed by atoms with E-state index in [-0.39, 0.29) is 49.3 Å². The van der Waals surface area contributed by atoms with Gasteiger partial charge in [-0.2, -0.15) is 4.31 Å². The van der Waals surface area contributed by atoms with Crippen molar-refractivity contribution in [3.63, 3.8) is 0 Å². The molecule has 0 N–H and O–H groups in total. The summed E-state index contributed by atoms with van der Waals surface area (Å²) in [4.78, 5) is 28.7. The summed E-state index contributed by atoms with van der Waals surface area (Å²) >= 11 is 0. The minimum Gasteiger partial charge on any atom is -0.340 e. The zero-order valence-electron chi connectivity index (χ0n) is 17.9. The highest BCUT2D eigenvalue weighted by molar-refractivity contribution is 7.89. The van der Waals surface area contributed by atoms with Gasteiger partial charge in [-0.15, -0.1) is 0 Å². The van der Waals surface area contributed by atoms with Crippen molar-refractivity contribution in [3.8, 4) is 0 Å². The number of aryl methyl sites for hydroxylation is 1. The maximum absolute atomic E-state index is 13.5. The molecule has 4 rings (SSSR count).